The number of aromatic nitrogens is 1. The van der Waals surface area contributed by atoms with Gasteiger partial charge in [0.1, 0.15) is 5.60 Å². The van der Waals surface area contributed by atoms with Crippen molar-refractivity contribution in [2.75, 3.05) is 0 Å². The van der Waals surface area contributed by atoms with Crippen LogP contribution in [-0.4, -0.2) is 21.5 Å². The van der Waals surface area contributed by atoms with Crippen LogP contribution in [0.1, 0.15) is 50.8 Å². The average molecular weight is 355 g/mol. The molecule has 0 N–H and O–H groups in total. The van der Waals surface area contributed by atoms with E-state index < -0.39 is 22.4 Å². The second-order valence-corrected chi connectivity index (χ2v) is 7.05. The van der Waals surface area contributed by atoms with Gasteiger partial charge in [-0.15, -0.1) is 0 Å². The molecule has 26 heavy (non-hydrogen) atoms. The summed E-state index contributed by atoms with van der Waals surface area (Å²) < 4.78 is 5.49. The molecule has 0 spiro atoms. The van der Waals surface area contributed by atoms with E-state index in [-0.39, 0.29) is 18.5 Å². The summed E-state index contributed by atoms with van der Waals surface area (Å²) in [7, 11) is 0. The summed E-state index contributed by atoms with van der Waals surface area (Å²) in [6.45, 7) is 7.05. The van der Waals surface area contributed by atoms with Crippen LogP contribution in [0.25, 0.3) is 10.9 Å². The Morgan fingerprint density at radius 3 is 2.69 bits per heavy atom. The van der Waals surface area contributed by atoms with Gasteiger partial charge >= 0.3 is 5.97 Å². The molecular formula is C19H21N3O4. The molecule has 2 aromatic rings. The fourth-order valence-corrected chi connectivity index (χ4v) is 2.79. The van der Waals surface area contributed by atoms with Crippen molar-refractivity contribution < 1.29 is 14.5 Å². The van der Waals surface area contributed by atoms with Crippen LogP contribution in [0.5, 0.6) is 0 Å². The summed E-state index contributed by atoms with van der Waals surface area (Å²) in [5.74, 6) is -1.17. The normalized spacial score (nSPS) is 12.4. The second-order valence-electron chi connectivity index (χ2n) is 7.05. The zero-order chi connectivity index (χ0) is 19.5. The number of nitriles is 1. The van der Waals surface area contributed by atoms with E-state index in [4.69, 9.17) is 10.00 Å². The van der Waals surface area contributed by atoms with E-state index in [9.17, 15) is 14.9 Å². The fraction of sp³-hybridized carbons (Fsp3) is 0.421. The summed E-state index contributed by atoms with van der Waals surface area (Å²) in [5, 5.41) is 20.6. The van der Waals surface area contributed by atoms with Gasteiger partial charge in [0.25, 0.3) is 5.69 Å². The van der Waals surface area contributed by atoms with Crippen LogP contribution in [0.2, 0.25) is 0 Å². The number of non-ortho nitro benzene ring substituents is 1. The number of benzene rings is 1. The summed E-state index contributed by atoms with van der Waals surface area (Å²) in [5.41, 5.74) is 0.887. The number of carbonyl (C=O) groups is 1. The van der Waals surface area contributed by atoms with E-state index in [1.165, 1.54) is 6.07 Å². The number of pyridine rings is 1. The molecule has 7 nitrogen and oxygen atoms in total. The van der Waals surface area contributed by atoms with Crippen LogP contribution in [0.15, 0.2) is 24.3 Å². The summed E-state index contributed by atoms with van der Waals surface area (Å²) >= 11 is 0. The van der Waals surface area contributed by atoms with Crippen LogP contribution in [0.4, 0.5) is 5.69 Å². The third-order valence-corrected chi connectivity index (χ3v) is 3.87. The summed E-state index contributed by atoms with van der Waals surface area (Å²) in [6.07, 6.45) is 0.429. The largest absolute Gasteiger partial charge is 0.459 e. The Hall–Kier alpha value is -3.01. The maximum absolute atomic E-state index is 12.7. The highest BCUT2D eigenvalue weighted by molar-refractivity contribution is 5.90. The van der Waals surface area contributed by atoms with Gasteiger partial charge in [0.05, 0.1) is 27.8 Å². The minimum atomic E-state index is -0.703. The number of hydrogen-bond acceptors (Lipinski definition) is 6. The molecule has 1 atom stereocenters. The molecule has 0 amide bonds. The maximum atomic E-state index is 12.7. The highest BCUT2D eigenvalue weighted by atomic mass is 16.6. The predicted octanol–water partition coefficient (Wildman–Crippen LogP) is 4.18. The van der Waals surface area contributed by atoms with Crippen LogP contribution in [0, 0.1) is 28.4 Å². The maximum Gasteiger partial charge on any atom is 0.314 e. The third kappa shape index (κ3) is 4.33. The molecule has 7 heteroatoms. The topological polar surface area (TPSA) is 106 Å². The Labute approximate surface area is 151 Å². The predicted molar refractivity (Wildman–Crippen MR) is 96.6 cm³/mol. The Kier molecular flexibility index (Phi) is 5.56. The Morgan fingerprint density at radius 1 is 1.42 bits per heavy atom. The molecular weight excluding hydrogens is 334 g/mol. The van der Waals surface area contributed by atoms with Gasteiger partial charge in [-0.3, -0.25) is 19.9 Å². The molecule has 1 unspecified atom stereocenters. The zero-order valence-corrected chi connectivity index (χ0v) is 15.3. The number of fused-ring (bicyclic) bond motifs is 1. The standard InChI is InChI=1S/C19H21N3O4/c1-12-14(13(7-6-10-20)18(23)26-19(2,3)4)11-15-16(21-12)8-5-9-17(15)22(24)25/h5,8-9,11,13H,6-7H2,1-4H3. The SMILES string of the molecule is Cc1nc2cccc([N+](=O)[O-])c2cc1C(CCC#N)C(=O)OC(C)(C)C. The number of rotatable bonds is 5. The first kappa shape index (κ1) is 19.3. The number of ether oxygens (including phenoxy) is 1. The molecule has 2 rings (SSSR count). The number of nitro benzene ring substituents is 1. The Bertz CT molecular complexity index is 894. The van der Waals surface area contributed by atoms with Crippen LogP contribution >= 0.6 is 0 Å². The van der Waals surface area contributed by atoms with Crippen molar-refractivity contribution in [2.45, 2.75) is 52.1 Å². The number of aryl methyl sites for hydroxylation is 1. The second kappa shape index (κ2) is 7.48. The van der Waals surface area contributed by atoms with E-state index in [1.807, 2.05) is 6.07 Å². The van der Waals surface area contributed by atoms with Crippen molar-refractivity contribution >= 4 is 22.6 Å². The minimum absolute atomic E-state index is 0.0699. The molecule has 0 aliphatic rings. The fourth-order valence-electron chi connectivity index (χ4n) is 2.79. The molecule has 136 valence electrons. The van der Waals surface area contributed by atoms with Gasteiger partial charge in [0.15, 0.2) is 0 Å². The van der Waals surface area contributed by atoms with E-state index in [2.05, 4.69) is 4.98 Å². The lowest BCUT2D eigenvalue weighted by atomic mass is 9.91. The zero-order valence-electron chi connectivity index (χ0n) is 15.3. The first-order chi connectivity index (χ1) is 12.1. The number of hydrogen-bond donors (Lipinski definition) is 0. The van der Waals surface area contributed by atoms with Crippen molar-refractivity contribution in [2.24, 2.45) is 0 Å². The lowest BCUT2D eigenvalue weighted by Crippen LogP contribution is -2.28. The molecule has 0 saturated heterocycles. The molecule has 1 aromatic carbocycles. The summed E-state index contributed by atoms with van der Waals surface area (Å²) in [6, 6.07) is 8.33. The van der Waals surface area contributed by atoms with Crippen molar-refractivity contribution in [3.63, 3.8) is 0 Å². The lowest BCUT2D eigenvalue weighted by molar-refractivity contribution is -0.383. The van der Waals surface area contributed by atoms with E-state index in [0.717, 1.165) is 0 Å². The van der Waals surface area contributed by atoms with Gasteiger partial charge in [-0.2, -0.15) is 5.26 Å². The average Bonchev–Trinajstić information content (AvgIpc) is 2.53. The molecule has 1 aromatic heterocycles. The Morgan fingerprint density at radius 2 is 2.12 bits per heavy atom. The quantitative estimate of drug-likeness (QED) is 0.452. The van der Waals surface area contributed by atoms with E-state index in [0.29, 0.717) is 22.2 Å². The monoisotopic (exact) mass is 355 g/mol. The molecule has 0 bridgehead atoms. The van der Waals surface area contributed by atoms with Gasteiger partial charge in [-0.25, -0.2) is 0 Å². The van der Waals surface area contributed by atoms with Crippen LogP contribution in [-0.2, 0) is 9.53 Å². The first-order valence-electron chi connectivity index (χ1n) is 8.28. The van der Waals surface area contributed by atoms with Crippen molar-refractivity contribution in [3.8, 4) is 6.07 Å². The summed E-state index contributed by atoms with van der Waals surface area (Å²) in [4.78, 5) is 28.0. The smallest absolute Gasteiger partial charge is 0.314 e. The highest BCUT2D eigenvalue weighted by Crippen LogP contribution is 2.32. The van der Waals surface area contributed by atoms with Gasteiger partial charge in [0, 0.05) is 18.2 Å². The van der Waals surface area contributed by atoms with E-state index in [1.54, 1.807) is 45.9 Å². The van der Waals surface area contributed by atoms with Crippen molar-refractivity contribution in [1.29, 1.82) is 5.26 Å². The minimum Gasteiger partial charge on any atom is -0.459 e. The first-order valence-corrected chi connectivity index (χ1v) is 8.28. The molecule has 0 aliphatic carbocycles. The van der Waals surface area contributed by atoms with Crippen molar-refractivity contribution in [1.82, 2.24) is 4.98 Å². The van der Waals surface area contributed by atoms with Crippen LogP contribution in [0.3, 0.4) is 0 Å². The lowest BCUT2D eigenvalue weighted by Gasteiger charge is -2.24. The Balaban J connectivity index is 2.59. The molecule has 0 aliphatic heterocycles. The molecule has 0 saturated carbocycles. The number of esters is 1. The third-order valence-electron chi connectivity index (χ3n) is 3.87. The number of carbonyl (C=O) groups excluding carboxylic acids is 1. The van der Waals surface area contributed by atoms with Gasteiger partial charge < -0.3 is 4.74 Å². The van der Waals surface area contributed by atoms with Crippen LogP contribution < -0.4 is 0 Å². The van der Waals surface area contributed by atoms with Gasteiger partial charge in [-0.05, 0) is 51.8 Å². The number of nitrogens with zero attached hydrogens (tertiary/aromatic N) is 3. The van der Waals surface area contributed by atoms with Gasteiger partial charge in [-0.1, -0.05) is 6.07 Å². The van der Waals surface area contributed by atoms with Crippen molar-refractivity contribution in [3.05, 3.63) is 45.6 Å². The highest BCUT2D eigenvalue weighted by Gasteiger charge is 2.29. The van der Waals surface area contributed by atoms with E-state index >= 15 is 0 Å². The van der Waals surface area contributed by atoms with Gasteiger partial charge in [0.2, 0.25) is 0 Å². The molecule has 0 radical (unpaired) electrons. The molecule has 1 heterocycles. The molecule has 0 fully saturated rings. The number of nitro groups is 1.